The highest BCUT2D eigenvalue weighted by molar-refractivity contribution is 6.59. The van der Waals surface area contributed by atoms with Gasteiger partial charge in [-0.05, 0) is 77.7 Å². The van der Waals surface area contributed by atoms with Crippen molar-refractivity contribution in [1.29, 1.82) is 0 Å². The van der Waals surface area contributed by atoms with Gasteiger partial charge in [0.15, 0.2) is 0 Å². The summed E-state index contributed by atoms with van der Waals surface area (Å²) in [6.07, 6.45) is 0. The van der Waals surface area contributed by atoms with Crippen molar-refractivity contribution in [3.63, 3.8) is 0 Å². The lowest BCUT2D eigenvalue weighted by molar-refractivity contribution is 0.424. The maximum absolute atomic E-state index is 9.84. The van der Waals surface area contributed by atoms with Crippen molar-refractivity contribution in [2.24, 2.45) is 0 Å². The van der Waals surface area contributed by atoms with Gasteiger partial charge in [-0.1, -0.05) is 206 Å². The lowest BCUT2D eigenvalue weighted by atomic mass is 9.66. The van der Waals surface area contributed by atoms with Gasteiger partial charge in [-0.15, -0.1) is 0 Å². The second-order valence-electron chi connectivity index (χ2n) is 14.4. The molecule has 4 nitrogen and oxygen atoms in total. The molecule has 268 valence electrons. The van der Waals surface area contributed by atoms with Crippen LogP contribution in [0.2, 0.25) is 0 Å². The Morgan fingerprint density at radius 1 is 0.268 bits per heavy atom. The van der Waals surface area contributed by atoms with Gasteiger partial charge in [0, 0.05) is 0 Å². The molecule has 0 fully saturated rings. The fourth-order valence-electron chi connectivity index (χ4n) is 9.25. The third-order valence-corrected chi connectivity index (χ3v) is 11.6. The zero-order valence-corrected chi connectivity index (χ0v) is 30.6. The average molecular weight is 724 g/mol. The van der Waals surface area contributed by atoms with Crippen LogP contribution in [0.5, 0.6) is 0 Å². The molecule has 0 radical (unpaired) electrons. The first-order valence-corrected chi connectivity index (χ1v) is 18.9. The van der Waals surface area contributed by atoms with Crippen molar-refractivity contribution in [2.45, 2.75) is 10.8 Å². The summed E-state index contributed by atoms with van der Waals surface area (Å²) >= 11 is 0. The molecule has 0 heterocycles. The fraction of sp³-hybridized carbons (Fsp3) is 0.0400. The zero-order chi connectivity index (χ0) is 38.3. The quantitative estimate of drug-likeness (QED) is 0.134. The minimum Gasteiger partial charge on any atom is -0.423 e. The first-order valence-electron chi connectivity index (χ1n) is 18.9. The first-order chi connectivity index (χ1) is 27.5. The molecule has 10 rings (SSSR count). The van der Waals surface area contributed by atoms with Gasteiger partial charge in [0.2, 0.25) is 0 Å². The van der Waals surface area contributed by atoms with Gasteiger partial charge in [0.1, 0.15) is 0 Å². The topological polar surface area (TPSA) is 80.9 Å². The van der Waals surface area contributed by atoms with E-state index in [0.717, 1.165) is 44.5 Å². The van der Waals surface area contributed by atoms with Crippen LogP contribution in [-0.2, 0) is 10.8 Å². The summed E-state index contributed by atoms with van der Waals surface area (Å²) in [7, 11) is -3.00. The van der Waals surface area contributed by atoms with Gasteiger partial charge in [-0.3, -0.25) is 0 Å². The van der Waals surface area contributed by atoms with E-state index in [0.29, 0.717) is 10.9 Å². The Bertz CT molecular complexity index is 2380. The van der Waals surface area contributed by atoms with Crippen LogP contribution in [0.1, 0.15) is 44.5 Å². The lowest BCUT2D eigenvalue weighted by Crippen LogP contribution is -2.33. The maximum atomic E-state index is 9.84. The molecule has 56 heavy (non-hydrogen) atoms. The molecule has 0 amide bonds. The van der Waals surface area contributed by atoms with Crippen molar-refractivity contribution < 1.29 is 20.1 Å². The summed E-state index contributed by atoms with van der Waals surface area (Å²) in [5.74, 6) is 0. The summed E-state index contributed by atoms with van der Waals surface area (Å²) < 4.78 is 0. The Labute approximate surface area is 328 Å². The molecule has 0 saturated carbocycles. The Balaban J connectivity index is 0.000000146. The minimum atomic E-state index is -1.50. The number of fused-ring (bicyclic) bond motifs is 6. The van der Waals surface area contributed by atoms with E-state index in [2.05, 4.69) is 146 Å². The molecule has 0 bridgehead atoms. The van der Waals surface area contributed by atoms with E-state index in [1.165, 1.54) is 22.3 Å². The second-order valence-corrected chi connectivity index (χ2v) is 14.4. The maximum Gasteiger partial charge on any atom is 0.488 e. The number of hydrogen-bond acceptors (Lipinski definition) is 4. The van der Waals surface area contributed by atoms with Gasteiger partial charge in [-0.25, -0.2) is 0 Å². The summed E-state index contributed by atoms with van der Waals surface area (Å²) in [5, 5.41) is 39.4. The van der Waals surface area contributed by atoms with Crippen LogP contribution in [0.4, 0.5) is 0 Å². The highest BCUT2D eigenvalue weighted by atomic mass is 16.4. The Kier molecular flexibility index (Phi) is 9.13. The molecule has 4 N–H and O–H groups in total. The molecule has 0 aliphatic heterocycles. The molecule has 0 spiro atoms. The summed E-state index contributed by atoms with van der Waals surface area (Å²) in [4.78, 5) is 0. The molecule has 0 atom stereocenters. The molecule has 0 saturated heterocycles. The fourth-order valence-corrected chi connectivity index (χ4v) is 9.25. The number of rotatable bonds is 6. The van der Waals surface area contributed by atoms with Crippen molar-refractivity contribution in [1.82, 2.24) is 0 Å². The van der Waals surface area contributed by atoms with E-state index in [9.17, 15) is 20.1 Å². The standard InChI is InChI=1S/2C25H19BO2/c2*27-26(28)20-15-16-22-21-13-7-8-14-23(21)25(24(22)17-20,18-9-3-1-4-10-18)19-11-5-2-6-12-19/h2*1-17,27-28H. The van der Waals surface area contributed by atoms with Gasteiger partial charge in [0.05, 0.1) is 10.8 Å². The normalized spacial score (nSPS) is 13.6. The lowest BCUT2D eigenvalue weighted by Gasteiger charge is -2.34. The van der Waals surface area contributed by atoms with Crippen LogP contribution in [0.3, 0.4) is 0 Å². The van der Waals surface area contributed by atoms with Crippen LogP contribution < -0.4 is 10.9 Å². The second kappa shape index (κ2) is 14.4. The third-order valence-electron chi connectivity index (χ3n) is 11.6. The molecular formula is C50H38B2O4. The third kappa shape index (κ3) is 5.49. The van der Waals surface area contributed by atoms with Crippen LogP contribution in [0.25, 0.3) is 22.3 Å². The van der Waals surface area contributed by atoms with Crippen LogP contribution in [-0.4, -0.2) is 34.3 Å². The summed E-state index contributed by atoms with van der Waals surface area (Å²) in [6.45, 7) is 0. The van der Waals surface area contributed by atoms with Crippen molar-refractivity contribution in [3.05, 3.63) is 251 Å². The molecular weight excluding hydrogens is 686 g/mol. The van der Waals surface area contributed by atoms with Crippen molar-refractivity contribution >= 4 is 25.2 Å². The van der Waals surface area contributed by atoms with Gasteiger partial charge >= 0.3 is 14.2 Å². The Morgan fingerprint density at radius 2 is 0.536 bits per heavy atom. The molecule has 0 unspecified atom stereocenters. The van der Waals surface area contributed by atoms with E-state index < -0.39 is 25.1 Å². The molecule has 0 aromatic heterocycles. The monoisotopic (exact) mass is 724 g/mol. The Hall–Kier alpha value is -6.27. The molecule has 2 aliphatic carbocycles. The van der Waals surface area contributed by atoms with Crippen LogP contribution in [0.15, 0.2) is 206 Å². The predicted octanol–water partition coefficient (Wildman–Crippen LogP) is 7.46. The number of hydrogen-bond donors (Lipinski definition) is 4. The molecule has 8 aromatic carbocycles. The highest BCUT2D eigenvalue weighted by Crippen LogP contribution is 2.57. The average Bonchev–Trinajstić information content (AvgIpc) is 3.73. The van der Waals surface area contributed by atoms with Crippen LogP contribution >= 0.6 is 0 Å². The summed E-state index contributed by atoms with van der Waals surface area (Å²) in [5.41, 5.74) is 13.9. The van der Waals surface area contributed by atoms with E-state index in [-0.39, 0.29) is 0 Å². The predicted molar refractivity (Wildman–Crippen MR) is 227 cm³/mol. The van der Waals surface area contributed by atoms with Crippen LogP contribution in [0, 0.1) is 0 Å². The first kappa shape index (κ1) is 35.4. The highest BCUT2D eigenvalue weighted by Gasteiger charge is 2.47. The summed E-state index contributed by atoms with van der Waals surface area (Å²) in [6, 6.07) is 70.3. The molecule has 2 aliphatic rings. The Morgan fingerprint density at radius 3 is 0.839 bits per heavy atom. The van der Waals surface area contributed by atoms with Gasteiger partial charge < -0.3 is 20.1 Å². The van der Waals surface area contributed by atoms with Crippen molar-refractivity contribution in [3.8, 4) is 22.3 Å². The van der Waals surface area contributed by atoms with E-state index in [1.807, 2.05) is 48.5 Å². The van der Waals surface area contributed by atoms with Gasteiger partial charge in [-0.2, -0.15) is 0 Å². The van der Waals surface area contributed by atoms with E-state index in [4.69, 9.17) is 0 Å². The van der Waals surface area contributed by atoms with E-state index in [1.54, 1.807) is 12.1 Å². The zero-order valence-electron chi connectivity index (χ0n) is 30.6. The van der Waals surface area contributed by atoms with E-state index >= 15 is 0 Å². The largest absolute Gasteiger partial charge is 0.488 e. The number of benzene rings is 8. The SMILES string of the molecule is OB(O)c1ccc2c(c1)C(c1ccccc1)(c1ccccc1)c1ccccc1-2.OB(O)c1ccc2c(c1)C(c1ccccc1)(c1ccccc1)c1ccccc1-2. The smallest absolute Gasteiger partial charge is 0.423 e. The molecule has 6 heteroatoms. The molecule has 8 aromatic rings. The van der Waals surface area contributed by atoms with Crippen molar-refractivity contribution in [2.75, 3.05) is 0 Å². The minimum absolute atomic E-state index is 0.501. The van der Waals surface area contributed by atoms with Gasteiger partial charge in [0.25, 0.3) is 0 Å².